The molecule has 1 aromatic carbocycles. The van der Waals surface area contributed by atoms with Gasteiger partial charge in [-0.05, 0) is 50.4 Å². The molecule has 4 heteroatoms. The largest absolute Gasteiger partial charge is 0.382 e. The molecular formula is C15H23Cl2NO. The molecule has 108 valence electrons. The van der Waals surface area contributed by atoms with Crippen molar-refractivity contribution < 1.29 is 4.74 Å². The van der Waals surface area contributed by atoms with E-state index in [1.165, 1.54) is 5.56 Å². The normalized spacial score (nSPS) is 14.4. The Morgan fingerprint density at radius 2 is 2.00 bits per heavy atom. The predicted octanol–water partition coefficient (Wildman–Crippen LogP) is 4.33. The summed E-state index contributed by atoms with van der Waals surface area (Å²) >= 11 is 12.0. The monoisotopic (exact) mass is 303 g/mol. The van der Waals surface area contributed by atoms with E-state index in [2.05, 4.69) is 19.2 Å². The van der Waals surface area contributed by atoms with Crippen LogP contribution in [0.25, 0.3) is 0 Å². The van der Waals surface area contributed by atoms with E-state index in [4.69, 9.17) is 27.9 Å². The molecule has 0 spiro atoms. The lowest BCUT2D eigenvalue weighted by molar-refractivity contribution is 0.100. The van der Waals surface area contributed by atoms with Crippen molar-refractivity contribution in [3.05, 3.63) is 33.8 Å². The van der Waals surface area contributed by atoms with Crippen LogP contribution in [-0.2, 0) is 11.2 Å². The van der Waals surface area contributed by atoms with Gasteiger partial charge in [-0.25, -0.2) is 0 Å². The molecule has 1 rings (SSSR count). The topological polar surface area (TPSA) is 21.3 Å². The van der Waals surface area contributed by atoms with Crippen LogP contribution in [0.15, 0.2) is 18.2 Å². The van der Waals surface area contributed by atoms with E-state index in [-0.39, 0.29) is 6.10 Å². The number of halogens is 2. The molecule has 1 aromatic rings. The fourth-order valence-electron chi connectivity index (χ4n) is 2.04. The van der Waals surface area contributed by atoms with Crippen LogP contribution in [0.5, 0.6) is 0 Å². The highest BCUT2D eigenvalue weighted by Crippen LogP contribution is 2.23. The molecule has 0 aliphatic carbocycles. The van der Waals surface area contributed by atoms with Gasteiger partial charge < -0.3 is 10.1 Å². The number of ether oxygens (including phenoxy) is 1. The number of hydrogen-bond donors (Lipinski definition) is 1. The van der Waals surface area contributed by atoms with E-state index < -0.39 is 0 Å². The van der Waals surface area contributed by atoms with Gasteiger partial charge >= 0.3 is 0 Å². The Labute approximate surface area is 126 Å². The van der Waals surface area contributed by atoms with E-state index in [9.17, 15) is 0 Å². The average Bonchev–Trinajstić information content (AvgIpc) is 2.40. The van der Waals surface area contributed by atoms with Gasteiger partial charge in [0.2, 0.25) is 0 Å². The molecule has 0 saturated carbocycles. The van der Waals surface area contributed by atoms with Crippen molar-refractivity contribution in [1.29, 1.82) is 0 Å². The first-order valence-electron chi connectivity index (χ1n) is 6.76. The standard InChI is InChI=1S/C15H23Cl2NO/c1-4-7-18-13(8-11(2)19-3)9-12-5-6-14(16)15(17)10-12/h5-6,10-11,13,18H,4,7-9H2,1-3H3. The van der Waals surface area contributed by atoms with Gasteiger partial charge in [0.15, 0.2) is 0 Å². The fraction of sp³-hybridized carbons (Fsp3) is 0.600. The molecule has 2 nitrogen and oxygen atoms in total. The van der Waals surface area contributed by atoms with Gasteiger partial charge in [0, 0.05) is 13.2 Å². The van der Waals surface area contributed by atoms with Gasteiger partial charge in [0.25, 0.3) is 0 Å². The summed E-state index contributed by atoms with van der Waals surface area (Å²) in [6, 6.07) is 6.23. The molecule has 0 radical (unpaired) electrons. The lowest BCUT2D eigenvalue weighted by atomic mass is 10.0. The first-order valence-corrected chi connectivity index (χ1v) is 7.52. The summed E-state index contributed by atoms with van der Waals surface area (Å²) in [6.45, 7) is 5.28. The van der Waals surface area contributed by atoms with Crippen molar-refractivity contribution in [1.82, 2.24) is 5.32 Å². The number of hydrogen-bond acceptors (Lipinski definition) is 2. The van der Waals surface area contributed by atoms with Crippen molar-refractivity contribution in [3.63, 3.8) is 0 Å². The highest BCUT2D eigenvalue weighted by atomic mass is 35.5. The Hall–Kier alpha value is -0.280. The summed E-state index contributed by atoms with van der Waals surface area (Å²) < 4.78 is 5.35. The smallest absolute Gasteiger partial charge is 0.0595 e. The Morgan fingerprint density at radius 3 is 2.58 bits per heavy atom. The first kappa shape index (κ1) is 16.8. The second kappa shape index (κ2) is 8.80. The molecule has 0 bridgehead atoms. The highest BCUT2D eigenvalue weighted by molar-refractivity contribution is 6.42. The van der Waals surface area contributed by atoms with Gasteiger partial charge in [-0.1, -0.05) is 36.2 Å². The second-order valence-corrected chi connectivity index (χ2v) is 5.70. The second-order valence-electron chi connectivity index (χ2n) is 4.89. The molecule has 0 fully saturated rings. The van der Waals surface area contributed by atoms with Crippen LogP contribution in [0.1, 0.15) is 32.3 Å². The number of benzene rings is 1. The van der Waals surface area contributed by atoms with Crippen LogP contribution in [-0.4, -0.2) is 25.8 Å². The van der Waals surface area contributed by atoms with Crippen molar-refractivity contribution in [2.45, 2.75) is 45.3 Å². The maximum atomic E-state index is 6.06. The minimum atomic E-state index is 0.247. The molecule has 0 saturated heterocycles. The van der Waals surface area contributed by atoms with Crippen LogP contribution < -0.4 is 5.32 Å². The van der Waals surface area contributed by atoms with Gasteiger partial charge in [-0.15, -0.1) is 0 Å². The van der Waals surface area contributed by atoms with Gasteiger partial charge in [0.1, 0.15) is 0 Å². The van der Waals surface area contributed by atoms with Crippen LogP contribution in [0, 0.1) is 0 Å². The molecule has 2 unspecified atom stereocenters. The maximum Gasteiger partial charge on any atom is 0.0595 e. The van der Waals surface area contributed by atoms with Gasteiger partial charge in [-0.3, -0.25) is 0 Å². The van der Waals surface area contributed by atoms with Crippen molar-refractivity contribution >= 4 is 23.2 Å². The van der Waals surface area contributed by atoms with Crippen LogP contribution >= 0.6 is 23.2 Å². The molecule has 0 aromatic heterocycles. The summed E-state index contributed by atoms with van der Waals surface area (Å²) in [5.74, 6) is 0. The number of nitrogens with one attached hydrogen (secondary N) is 1. The Balaban J connectivity index is 2.66. The summed E-state index contributed by atoms with van der Waals surface area (Å²) in [4.78, 5) is 0. The third kappa shape index (κ3) is 6.13. The average molecular weight is 304 g/mol. The van der Waals surface area contributed by atoms with Crippen molar-refractivity contribution in [2.75, 3.05) is 13.7 Å². The minimum absolute atomic E-state index is 0.247. The van der Waals surface area contributed by atoms with E-state index in [0.717, 1.165) is 25.8 Å². The predicted molar refractivity (Wildman–Crippen MR) is 83.3 cm³/mol. The lowest BCUT2D eigenvalue weighted by Crippen LogP contribution is -2.35. The zero-order valence-electron chi connectivity index (χ0n) is 11.9. The molecule has 1 N–H and O–H groups in total. The van der Waals surface area contributed by atoms with Gasteiger partial charge in [-0.2, -0.15) is 0 Å². The van der Waals surface area contributed by atoms with E-state index in [1.807, 2.05) is 18.2 Å². The summed E-state index contributed by atoms with van der Waals surface area (Å²) in [6.07, 6.45) is 3.29. The Morgan fingerprint density at radius 1 is 1.26 bits per heavy atom. The molecule has 0 aliphatic rings. The SMILES string of the molecule is CCCNC(Cc1ccc(Cl)c(Cl)c1)CC(C)OC. The van der Waals surface area contributed by atoms with Crippen LogP contribution in [0.2, 0.25) is 10.0 Å². The molecular weight excluding hydrogens is 281 g/mol. The Kier molecular flexibility index (Phi) is 7.77. The fourth-order valence-corrected chi connectivity index (χ4v) is 2.36. The van der Waals surface area contributed by atoms with Crippen LogP contribution in [0.4, 0.5) is 0 Å². The Bertz CT molecular complexity index is 384. The first-order chi connectivity index (χ1) is 9.06. The molecule has 19 heavy (non-hydrogen) atoms. The highest BCUT2D eigenvalue weighted by Gasteiger charge is 2.13. The summed E-state index contributed by atoms with van der Waals surface area (Å²) in [7, 11) is 1.75. The molecule has 0 heterocycles. The van der Waals surface area contributed by atoms with E-state index in [1.54, 1.807) is 7.11 Å². The third-order valence-corrected chi connectivity index (χ3v) is 3.91. The van der Waals surface area contributed by atoms with E-state index in [0.29, 0.717) is 16.1 Å². The van der Waals surface area contributed by atoms with Gasteiger partial charge in [0.05, 0.1) is 16.1 Å². The zero-order chi connectivity index (χ0) is 14.3. The quantitative estimate of drug-likeness (QED) is 0.772. The lowest BCUT2D eigenvalue weighted by Gasteiger charge is -2.22. The molecule has 0 aliphatic heterocycles. The summed E-state index contributed by atoms with van der Waals surface area (Å²) in [5, 5.41) is 4.79. The summed E-state index contributed by atoms with van der Waals surface area (Å²) in [5.41, 5.74) is 1.20. The third-order valence-electron chi connectivity index (χ3n) is 3.17. The number of methoxy groups -OCH3 is 1. The molecule has 2 atom stereocenters. The van der Waals surface area contributed by atoms with E-state index >= 15 is 0 Å². The molecule has 0 amide bonds. The van der Waals surface area contributed by atoms with Crippen molar-refractivity contribution in [3.8, 4) is 0 Å². The van der Waals surface area contributed by atoms with Crippen LogP contribution in [0.3, 0.4) is 0 Å². The number of rotatable bonds is 8. The zero-order valence-corrected chi connectivity index (χ0v) is 13.4. The minimum Gasteiger partial charge on any atom is -0.382 e. The maximum absolute atomic E-state index is 6.06. The van der Waals surface area contributed by atoms with Crippen molar-refractivity contribution in [2.24, 2.45) is 0 Å².